The average Bonchev–Trinajstić information content (AvgIpc) is 3.17. The maximum absolute atomic E-state index is 12.1. The van der Waals surface area contributed by atoms with Gasteiger partial charge in [-0.1, -0.05) is 43.3 Å². The summed E-state index contributed by atoms with van der Waals surface area (Å²) in [5.41, 5.74) is 1.56. The lowest BCUT2D eigenvalue weighted by molar-refractivity contribution is -0.384. The van der Waals surface area contributed by atoms with Gasteiger partial charge in [0.15, 0.2) is 11.0 Å². The van der Waals surface area contributed by atoms with Crippen LogP contribution < -0.4 is 5.32 Å². The van der Waals surface area contributed by atoms with Gasteiger partial charge in [0.1, 0.15) is 0 Å². The summed E-state index contributed by atoms with van der Waals surface area (Å²) in [7, 11) is 0. The molecule has 8 nitrogen and oxygen atoms in total. The number of unbranched alkanes of at least 4 members (excludes halogenated alkanes) is 1. The van der Waals surface area contributed by atoms with Gasteiger partial charge in [-0.2, -0.15) is 0 Å². The van der Waals surface area contributed by atoms with Crippen molar-refractivity contribution in [2.75, 3.05) is 12.3 Å². The molecule has 0 unspecified atom stereocenters. The first-order valence-corrected chi connectivity index (χ1v) is 10.2. The fourth-order valence-corrected chi connectivity index (χ4v) is 3.46. The topological polar surface area (TPSA) is 103 Å². The van der Waals surface area contributed by atoms with Crippen molar-refractivity contribution in [2.45, 2.75) is 24.9 Å². The summed E-state index contributed by atoms with van der Waals surface area (Å²) in [6, 6.07) is 15.7. The first-order valence-electron chi connectivity index (χ1n) is 9.25. The third kappa shape index (κ3) is 5.20. The maximum Gasteiger partial charge on any atom is 0.269 e. The zero-order valence-electron chi connectivity index (χ0n) is 15.9. The van der Waals surface area contributed by atoms with Gasteiger partial charge in [-0.3, -0.25) is 19.5 Å². The minimum atomic E-state index is -0.440. The zero-order chi connectivity index (χ0) is 20.6. The van der Waals surface area contributed by atoms with Crippen molar-refractivity contribution in [1.82, 2.24) is 20.1 Å². The fraction of sp³-hybridized carbons (Fsp3) is 0.250. The summed E-state index contributed by atoms with van der Waals surface area (Å²) in [5.74, 6) is 0.734. The number of hydrogen-bond acceptors (Lipinski definition) is 6. The van der Waals surface area contributed by atoms with Gasteiger partial charge in [0.2, 0.25) is 5.91 Å². The molecule has 1 amide bonds. The Morgan fingerprint density at radius 3 is 2.52 bits per heavy atom. The molecular formula is C20H21N5O3S. The van der Waals surface area contributed by atoms with Crippen LogP contribution >= 0.6 is 11.8 Å². The lowest BCUT2D eigenvalue weighted by atomic mass is 10.2. The summed E-state index contributed by atoms with van der Waals surface area (Å²) in [4.78, 5) is 22.5. The second kappa shape index (κ2) is 9.83. The smallest absolute Gasteiger partial charge is 0.269 e. The molecule has 2 aromatic carbocycles. The molecule has 0 fully saturated rings. The SMILES string of the molecule is CCCCNC(=O)CSc1nnc(-c2ccc([N+](=O)[O-])cc2)n1-c1ccccc1. The number of nitro groups is 1. The van der Waals surface area contributed by atoms with Crippen LogP contribution in [0.2, 0.25) is 0 Å². The van der Waals surface area contributed by atoms with Gasteiger partial charge < -0.3 is 5.32 Å². The number of non-ortho nitro benzene ring substituents is 1. The van der Waals surface area contributed by atoms with E-state index in [0.717, 1.165) is 18.5 Å². The second-order valence-electron chi connectivity index (χ2n) is 6.27. The monoisotopic (exact) mass is 411 g/mol. The molecule has 3 aromatic rings. The third-order valence-corrected chi connectivity index (χ3v) is 5.10. The number of hydrogen-bond donors (Lipinski definition) is 1. The number of nitrogens with one attached hydrogen (secondary N) is 1. The van der Waals surface area contributed by atoms with E-state index in [1.807, 2.05) is 34.9 Å². The predicted molar refractivity (Wildman–Crippen MR) is 112 cm³/mol. The quantitative estimate of drug-likeness (QED) is 0.248. The highest BCUT2D eigenvalue weighted by molar-refractivity contribution is 7.99. The number of rotatable bonds is 9. The van der Waals surface area contributed by atoms with Crippen molar-refractivity contribution < 1.29 is 9.72 Å². The number of amides is 1. The van der Waals surface area contributed by atoms with Crippen molar-refractivity contribution in [3.8, 4) is 17.1 Å². The number of nitrogens with zero attached hydrogens (tertiary/aromatic N) is 4. The van der Waals surface area contributed by atoms with Gasteiger partial charge in [-0.25, -0.2) is 0 Å². The van der Waals surface area contributed by atoms with Crippen molar-refractivity contribution in [1.29, 1.82) is 0 Å². The van der Waals surface area contributed by atoms with Crippen LogP contribution in [0.25, 0.3) is 17.1 Å². The van der Waals surface area contributed by atoms with E-state index < -0.39 is 4.92 Å². The Labute approximate surface area is 172 Å². The first kappa shape index (κ1) is 20.5. The lowest BCUT2D eigenvalue weighted by Crippen LogP contribution is -2.26. The highest BCUT2D eigenvalue weighted by atomic mass is 32.2. The highest BCUT2D eigenvalue weighted by Crippen LogP contribution is 2.28. The number of thioether (sulfide) groups is 1. The standard InChI is InChI=1S/C20H21N5O3S/c1-2-3-13-21-18(26)14-29-20-23-22-19(24(20)16-7-5-4-6-8-16)15-9-11-17(12-10-15)25(27)28/h4-12H,2-3,13-14H2,1H3,(H,21,26). The van der Waals surface area contributed by atoms with E-state index in [9.17, 15) is 14.9 Å². The minimum Gasteiger partial charge on any atom is -0.355 e. The van der Waals surface area contributed by atoms with Gasteiger partial charge in [0.25, 0.3) is 5.69 Å². The van der Waals surface area contributed by atoms with E-state index in [2.05, 4.69) is 22.4 Å². The van der Waals surface area contributed by atoms with Gasteiger partial charge in [-0.05, 0) is 30.7 Å². The minimum absolute atomic E-state index is 0.0119. The van der Waals surface area contributed by atoms with E-state index in [1.54, 1.807) is 12.1 Å². The van der Waals surface area contributed by atoms with Crippen molar-refractivity contribution in [2.24, 2.45) is 0 Å². The largest absolute Gasteiger partial charge is 0.355 e. The van der Waals surface area contributed by atoms with E-state index in [0.29, 0.717) is 23.1 Å². The second-order valence-corrected chi connectivity index (χ2v) is 7.22. The number of nitro benzene ring substituents is 1. The molecule has 0 aliphatic rings. The fourth-order valence-electron chi connectivity index (χ4n) is 2.68. The molecule has 0 spiro atoms. The predicted octanol–water partition coefficient (Wildman–Crippen LogP) is 3.85. The molecule has 3 rings (SSSR count). The van der Waals surface area contributed by atoms with Gasteiger partial charge in [-0.15, -0.1) is 10.2 Å². The van der Waals surface area contributed by atoms with E-state index >= 15 is 0 Å². The third-order valence-electron chi connectivity index (χ3n) is 4.17. The Bertz CT molecular complexity index is 974. The molecule has 9 heteroatoms. The molecule has 0 atom stereocenters. The number of carbonyl (C=O) groups excluding carboxylic acids is 1. The maximum atomic E-state index is 12.1. The average molecular weight is 411 g/mol. The van der Waals surface area contributed by atoms with Crippen LogP contribution in [0, 0.1) is 10.1 Å². The van der Waals surface area contributed by atoms with Gasteiger partial charge >= 0.3 is 0 Å². The van der Waals surface area contributed by atoms with Crippen LogP contribution in [-0.2, 0) is 4.79 Å². The Morgan fingerprint density at radius 1 is 1.14 bits per heavy atom. The van der Waals surface area contributed by atoms with Crippen LogP contribution in [0.1, 0.15) is 19.8 Å². The van der Waals surface area contributed by atoms with Gasteiger partial charge in [0, 0.05) is 29.9 Å². The molecule has 0 aliphatic carbocycles. The zero-order valence-corrected chi connectivity index (χ0v) is 16.8. The molecule has 0 bridgehead atoms. The number of carbonyl (C=O) groups is 1. The van der Waals surface area contributed by atoms with Crippen LogP contribution in [0.4, 0.5) is 5.69 Å². The van der Waals surface area contributed by atoms with Crippen LogP contribution in [0.15, 0.2) is 59.8 Å². The van der Waals surface area contributed by atoms with Crippen molar-refractivity contribution in [3.63, 3.8) is 0 Å². The molecule has 0 aliphatic heterocycles. The van der Waals surface area contributed by atoms with Crippen molar-refractivity contribution in [3.05, 3.63) is 64.7 Å². The molecular weight excluding hydrogens is 390 g/mol. The van der Waals surface area contributed by atoms with E-state index in [4.69, 9.17) is 0 Å². The first-order chi connectivity index (χ1) is 14.1. The Balaban J connectivity index is 1.88. The summed E-state index contributed by atoms with van der Waals surface area (Å²) >= 11 is 1.30. The van der Waals surface area contributed by atoms with Crippen LogP contribution in [0.5, 0.6) is 0 Å². The summed E-state index contributed by atoms with van der Waals surface area (Å²) < 4.78 is 1.85. The molecule has 1 aromatic heterocycles. The van der Waals surface area contributed by atoms with Gasteiger partial charge in [0.05, 0.1) is 10.7 Å². The molecule has 29 heavy (non-hydrogen) atoms. The summed E-state index contributed by atoms with van der Waals surface area (Å²) in [6.45, 7) is 2.73. The molecule has 1 N–H and O–H groups in total. The number of benzene rings is 2. The molecule has 0 saturated carbocycles. The van der Waals surface area contributed by atoms with Crippen LogP contribution in [-0.4, -0.2) is 37.9 Å². The molecule has 0 saturated heterocycles. The molecule has 1 heterocycles. The summed E-state index contributed by atoms with van der Waals surface area (Å²) in [6.07, 6.45) is 1.97. The Morgan fingerprint density at radius 2 is 1.86 bits per heavy atom. The summed E-state index contributed by atoms with van der Waals surface area (Å²) in [5, 5.41) is 22.9. The van der Waals surface area contributed by atoms with Crippen LogP contribution in [0.3, 0.4) is 0 Å². The normalized spacial score (nSPS) is 10.7. The lowest BCUT2D eigenvalue weighted by Gasteiger charge is -2.10. The highest BCUT2D eigenvalue weighted by Gasteiger charge is 2.18. The Hall–Kier alpha value is -3.20. The number of para-hydroxylation sites is 1. The van der Waals surface area contributed by atoms with E-state index in [-0.39, 0.29) is 17.3 Å². The number of aromatic nitrogens is 3. The van der Waals surface area contributed by atoms with E-state index in [1.165, 1.54) is 23.9 Å². The molecule has 0 radical (unpaired) electrons. The van der Waals surface area contributed by atoms with Crippen molar-refractivity contribution >= 4 is 23.4 Å². The Kier molecular flexibility index (Phi) is 6.96. The molecule has 150 valence electrons.